The second-order valence-electron chi connectivity index (χ2n) is 4.30. The molecule has 1 aliphatic rings. The zero-order valence-electron chi connectivity index (χ0n) is 9.91. The minimum Gasteiger partial charge on any atom is -0.461 e. The van der Waals surface area contributed by atoms with Crippen LogP contribution in [-0.2, 0) is 14.3 Å². The maximum atomic E-state index is 11.6. The van der Waals surface area contributed by atoms with Crippen molar-refractivity contribution in [1.29, 1.82) is 0 Å². The van der Waals surface area contributed by atoms with Crippen molar-refractivity contribution in [2.45, 2.75) is 32.3 Å². The predicted octanol–water partition coefficient (Wildman–Crippen LogP) is 2.48. The summed E-state index contributed by atoms with van der Waals surface area (Å²) in [5.41, 5.74) is -0.433. The summed E-state index contributed by atoms with van der Waals surface area (Å²) in [6.45, 7) is 9.99. The van der Waals surface area contributed by atoms with Gasteiger partial charge in [0.2, 0.25) is 0 Å². The molecule has 3 heteroatoms. The second-order valence-corrected chi connectivity index (χ2v) is 4.30. The topological polar surface area (TPSA) is 35.5 Å². The molecular formula is C13H20O3. The Morgan fingerprint density at radius 1 is 1.50 bits per heavy atom. The molecule has 0 heterocycles. The van der Waals surface area contributed by atoms with Crippen LogP contribution >= 0.6 is 0 Å². The van der Waals surface area contributed by atoms with Crippen LogP contribution in [0.1, 0.15) is 26.2 Å². The van der Waals surface area contributed by atoms with Gasteiger partial charge in [-0.15, -0.1) is 6.58 Å². The van der Waals surface area contributed by atoms with Crippen LogP contribution in [0.5, 0.6) is 0 Å². The van der Waals surface area contributed by atoms with Gasteiger partial charge < -0.3 is 9.47 Å². The maximum Gasteiger partial charge on any atom is 0.314 e. The largest absolute Gasteiger partial charge is 0.461 e. The van der Waals surface area contributed by atoms with Crippen LogP contribution in [0.3, 0.4) is 0 Å². The van der Waals surface area contributed by atoms with Gasteiger partial charge in [-0.2, -0.15) is 0 Å². The highest BCUT2D eigenvalue weighted by Crippen LogP contribution is 2.49. The van der Waals surface area contributed by atoms with Gasteiger partial charge in [0.25, 0.3) is 0 Å². The molecule has 1 aliphatic carbocycles. The van der Waals surface area contributed by atoms with E-state index in [-0.39, 0.29) is 18.7 Å². The highest BCUT2D eigenvalue weighted by Gasteiger charge is 2.58. The Morgan fingerprint density at radius 3 is 2.88 bits per heavy atom. The molecule has 2 atom stereocenters. The van der Waals surface area contributed by atoms with Gasteiger partial charge >= 0.3 is 5.97 Å². The molecule has 0 aliphatic heterocycles. The number of ether oxygens (including phenoxy) is 2. The fourth-order valence-electron chi connectivity index (χ4n) is 1.54. The molecule has 0 radical (unpaired) electrons. The Labute approximate surface area is 97.1 Å². The van der Waals surface area contributed by atoms with Crippen molar-refractivity contribution in [2.24, 2.45) is 5.41 Å². The SMILES string of the molecule is C=CCCCO[C@H]1C[C@@]1(C)C(=O)OCC=C. The van der Waals surface area contributed by atoms with Crippen molar-refractivity contribution in [3.63, 3.8) is 0 Å². The quantitative estimate of drug-likeness (QED) is 0.361. The number of esters is 1. The van der Waals surface area contributed by atoms with Crippen LogP contribution in [0.4, 0.5) is 0 Å². The molecule has 16 heavy (non-hydrogen) atoms. The van der Waals surface area contributed by atoms with Crippen molar-refractivity contribution in [3.8, 4) is 0 Å². The standard InChI is InChI=1S/C13H20O3/c1-4-6-7-9-15-11-10-13(11,3)12(14)16-8-5-2/h4-5,11H,1-2,6-10H2,3H3/t11-,13+/m0/s1. The molecule has 1 rings (SSSR count). The lowest BCUT2D eigenvalue weighted by atomic mass is 10.1. The average Bonchev–Trinajstić information content (AvgIpc) is 2.94. The fraction of sp³-hybridized carbons (Fsp3) is 0.615. The molecule has 0 unspecified atom stereocenters. The third-order valence-corrected chi connectivity index (χ3v) is 2.83. The number of unbranched alkanes of at least 4 members (excludes halogenated alkanes) is 1. The second kappa shape index (κ2) is 5.85. The lowest BCUT2D eigenvalue weighted by molar-refractivity contribution is -0.150. The van der Waals surface area contributed by atoms with Crippen LogP contribution in [0.15, 0.2) is 25.3 Å². The number of hydrogen-bond donors (Lipinski definition) is 0. The van der Waals surface area contributed by atoms with Crippen molar-refractivity contribution in [3.05, 3.63) is 25.3 Å². The third-order valence-electron chi connectivity index (χ3n) is 2.83. The van der Waals surface area contributed by atoms with Gasteiger partial charge in [-0.25, -0.2) is 0 Å². The van der Waals surface area contributed by atoms with E-state index in [0.717, 1.165) is 19.3 Å². The van der Waals surface area contributed by atoms with E-state index in [4.69, 9.17) is 9.47 Å². The summed E-state index contributed by atoms with van der Waals surface area (Å²) in [6.07, 6.45) is 6.13. The number of allylic oxidation sites excluding steroid dienone is 1. The van der Waals surface area contributed by atoms with Crippen LogP contribution in [-0.4, -0.2) is 25.3 Å². The van der Waals surface area contributed by atoms with Gasteiger partial charge in [-0.05, 0) is 26.2 Å². The number of hydrogen-bond acceptors (Lipinski definition) is 3. The highest BCUT2D eigenvalue weighted by molar-refractivity contribution is 5.80. The minimum atomic E-state index is -0.433. The Hall–Kier alpha value is -1.09. The molecule has 90 valence electrons. The van der Waals surface area contributed by atoms with E-state index in [2.05, 4.69) is 13.2 Å². The van der Waals surface area contributed by atoms with Crippen LogP contribution in [0, 0.1) is 5.41 Å². The molecule has 3 nitrogen and oxygen atoms in total. The molecule has 0 aromatic carbocycles. The molecule has 1 saturated carbocycles. The van der Waals surface area contributed by atoms with E-state index in [1.807, 2.05) is 13.0 Å². The molecule has 0 aromatic rings. The Balaban J connectivity index is 2.21. The summed E-state index contributed by atoms with van der Waals surface area (Å²) in [5, 5.41) is 0. The lowest BCUT2D eigenvalue weighted by Crippen LogP contribution is -2.21. The van der Waals surface area contributed by atoms with Crippen molar-refractivity contribution in [2.75, 3.05) is 13.2 Å². The summed E-state index contributed by atoms with van der Waals surface area (Å²) < 4.78 is 10.6. The summed E-state index contributed by atoms with van der Waals surface area (Å²) in [4.78, 5) is 11.6. The van der Waals surface area contributed by atoms with E-state index in [0.29, 0.717) is 6.61 Å². The first kappa shape index (κ1) is 13.0. The summed E-state index contributed by atoms with van der Waals surface area (Å²) in [6, 6.07) is 0. The summed E-state index contributed by atoms with van der Waals surface area (Å²) in [7, 11) is 0. The summed E-state index contributed by atoms with van der Waals surface area (Å²) >= 11 is 0. The van der Waals surface area contributed by atoms with Gasteiger partial charge in [0.05, 0.1) is 11.5 Å². The molecule has 0 N–H and O–H groups in total. The smallest absolute Gasteiger partial charge is 0.314 e. The van der Waals surface area contributed by atoms with E-state index in [1.165, 1.54) is 0 Å². The first-order valence-electron chi connectivity index (χ1n) is 5.65. The van der Waals surface area contributed by atoms with E-state index in [9.17, 15) is 4.79 Å². The number of carbonyl (C=O) groups excluding carboxylic acids is 1. The number of rotatable bonds is 8. The van der Waals surface area contributed by atoms with E-state index in [1.54, 1.807) is 6.08 Å². The fourth-order valence-corrected chi connectivity index (χ4v) is 1.54. The maximum absolute atomic E-state index is 11.6. The van der Waals surface area contributed by atoms with E-state index < -0.39 is 5.41 Å². The van der Waals surface area contributed by atoms with Gasteiger partial charge in [-0.3, -0.25) is 4.79 Å². The van der Waals surface area contributed by atoms with Gasteiger partial charge in [0.1, 0.15) is 6.61 Å². The Bertz CT molecular complexity index is 272. The van der Waals surface area contributed by atoms with Gasteiger partial charge in [0.15, 0.2) is 0 Å². The average molecular weight is 224 g/mol. The molecule has 0 bridgehead atoms. The zero-order chi connectivity index (χ0) is 12.0. The van der Waals surface area contributed by atoms with E-state index >= 15 is 0 Å². The minimum absolute atomic E-state index is 0.0228. The van der Waals surface area contributed by atoms with Crippen molar-refractivity contribution < 1.29 is 14.3 Å². The Kier molecular flexibility index (Phi) is 4.74. The molecule has 0 amide bonds. The van der Waals surface area contributed by atoms with Gasteiger partial charge in [0, 0.05) is 6.61 Å². The molecule has 0 saturated heterocycles. The van der Waals surface area contributed by atoms with Crippen molar-refractivity contribution >= 4 is 5.97 Å². The molecule has 1 fully saturated rings. The zero-order valence-corrected chi connectivity index (χ0v) is 9.91. The molecular weight excluding hydrogens is 204 g/mol. The van der Waals surface area contributed by atoms with Gasteiger partial charge in [-0.1, -0.05) is 18.7 Å². The van der Waals surface area contributed by atoms with Crippen LogP contribution < -0.4 is 0 Å². The molecule has 0 spiro atoms. The first-order chi connectivity index (χ1) is 7.65. The lowest BCUT2D eigenvalue weighted by Gasteiger charge is -2.10. The third kappa shape index (κ3) is 3.20. The molecule has 0 aromatic heterocycles. The predicted molar refractivity (Wildman–Crippen MR) is 63.1 cm³/mol. The normalized spacial score (nSPS) is 27.2. The number of carbonyl (C=O) groups is 1. The first-order valence-corrected chi connectivity index (χ1v) is 5.65. The monoisotopic (exact) mass is 224 g/mol. The van der Waals surface area contributed by atoms with Crippen LogP contribution in [0.2, 0.25) is 0 Å². The Morgan fingerprint density at radius 2 is 2.25 bits per heavy atom. The van der Waals surface area contributed by atoms with Crippen LogP contribution in [0.25, 0.3) is 0 Å². The summed E-state index contributed by atoms with van der Waals surface area (Å²) in [5.74, 6) is -0.180. The van der Waals surface area contributed by atoms with Crippen molar-refractivity contribution in [1.82, 2.24) is 0 Å². The highest BCUT2D eigenvalue weighted by atomic mass is 16.5.